The van der Waals surface area contributed by atoms with Crippen LogP contribution < -0.4 is 10.1 Å². The number of hydrogen-bond acceptors (Lipinski definition) is 8. The Morgan fingerprint density at radius 3 is 2.83 bits per heavy atom. The summed E-state index contributed by atoms with van der Waals surface area (Å²) in [6.07, 6.45) is 1.76. The molecular weight excluding hydrogens is 408 g/mol. The average Bonchev–Trinajstić information content (AvgIpc) is 3.27. The van der Waals surface area contributed by atoms with E-state index in [-0.39, 0.29) is 18.3 Å². The van der Waals surface area contributed by atoms with Crippen LogP contribution in [0.25, 0.3) is 0 Å². The lowest BCUT2D eigenvalue weighted by molar-refractivity contribution is -0.113. The molecule has 1 amide bonds. The van der Waals surface area contributed by atoms with Crippen molar-refractivity contribution in [3.05, 3.63) is 52.8 Å². The van der Waals surface area contributed by atoms with E-state index in [1.165, 1.54) is 23.1 Å². The van der Waals surface area contributed by atoms with E-state index in [1.807, 2.05) is 43.5 Å². The molecule has 0 saturated carbocycles. The van der Waals surface area contributed by atoms with Gasteiger partial charge in [0.15, 0.2) is 11.0 Å². The van der Waals surface area contributed by atoms with Crippen LogP contribution in [0.3, 0.4) is 0 Å². The summed E-state index contributed by atoms with van der Waals surface area (Å²) in [6, 6.07) is 6.07. The van der Waals surface area contributed by atoms with E-state index in [4.69, 9.17) is 4.74 Å². The number of hydrogen-bond donors (Lipinski definition) is 1. The number of benzene rings is 1. The largest absolute Gasteiger partial charge is 0.485 e. The summed E-state index contributed by atoms with van der Waals surface area (Å²) in [5, 5.41) is 20.9. The van der Waals surface area contributed by atoms with Crippen LogP contribution in [0.1, 0.15) is 22.0 Å². The topological polar surface area (TPSA) is 94.8 Å². The van der Waals surface area contributed by atoms with E-state index in [2.05, 4.69) is 32.3 Å². The second kappa shape index (κ2) is 9.66. The van der Waals surface area contributed by atoms with Gasteiger partial charge in [-0.15, -0.1) is 27.0 Å². The van der Waals surface area contributed by atoms with E-state index in [0.717, 1.165) is 21.9 Å². The van der Waals surface area contributed by atoms with Crippen molar-refractivity contribution in [3.63, 3.8) is 0 Å². The van der Waals surface area contributed by atoms with Crippen molar-refractivity contribution in [2.75, 3.05) is 11.1 Å². The lowest BCUT2D eigenvalue weighted by Gasteiger charge is -2.11. The van der Waals surface area contributed by atoms with E-state index in [0.29, 0.717) is 22.7 Å². The summed E-state index contributed by atoms with van der Waals surface area (Å²) >= 11 is 2.63. The van der Waals surface area contributed by atoms with Crippen LogP contribution >= 0.6 is 23.1 Å². The normalized spacial score (nSPS) is 10.7. The number of carbonyl (C=O) groups is 1. The summed E-state index contributed by atoms with van der Waals surface area (Å²) in [5.74, 6) is 1.51. The summed E-state index contributed by atoms with van der Waals surface area (Å²) in [5.41, 5.74) is 2.19. The molecule has 29 heavy (non-hydrogen) atoms. The molecule has 152 valence electrons. The van der Waals surface area contributed by atoms with Crippen LogP contribution in [0.5, 0.6) is 5.75 Å². The molecule has 0 saturated heterocycles. The van der Waals surface area contributed by atoms with E-state index in [1.54, 1.807) is 6.08 Å². The maximum absolute atomic E-state index is 12.2. The van der Waals surface area contributed by atoms with Crippen LogP contribution in [-0.2, 0) is 17.9 Å². The highest BCUT2D eigenvalue weighted by Gasteiger charge is 2.15. The molecule has 0 spiro atoms. The SMILES string of the molecule is C=CCn1c(COc2cc(C)ccc2C)nnc1SCC(=O)Nc1nnc(C)s1. The monoisotopic (exact) mass is 430 g/mol. The zero-order chi connectivity index (χ0) is 20.8. The Balaban J connectivity index is 1.63. The average molecular weight is 431 g/mol. The first kappa shape index (κ1) is 21.0. The number of carbonyl (C=O) groups excluding carboxylic acids is 1. The molecule has 10 heteroatoms. The lowest BCUT2D eigenvalue weighted by Crippen LogP contribution is -2.15. The molecule has 2 heterocycles. The molecule has 0 bridgehead atoms. The maximum Gasteiger partial charge on any atom is 0.236 e. The summed E-state index contributed by atoms with van der Waals surface area (Å²) < 4.78 is 7.84. The Hall–Kier alpha value is -2.72. The van der Waals surface area contributed by atoms with Crippen molar-refractivity contribution in [2.45, 2.75) is 39.1 Å². The summed E-state index contributed by atoms with van der Waals surface area (Å²) in [6.45, 7) is 10.5. The first-order chi connectivity index (χ1) is 14.0. The molecule has 1 aromatic carbocycles. The molecule has 0 aliphatic rings. The number of ether oxygens (including phenoxy) is 1. The second-order valence-electron chi connectivity index (χ2n) is 6.32. The second-order valence-corrected chi connectivity index (χ2v) is 8.44. The number of allylic oxidation sites excluding steroid dienone is 1. The third-order valence-electron chi connectivity index (χ3n) is 3.91. The van der Waals surface area contributed by atoms with Gasteiger partial charge in [0.2, 0.25) is 11.0 Å². The van der Waals surface area contributed by atoms with Gasteiger partial charge in [-0.05, 0) is 38.0 Å². The Bertz CT molecular complexity index is 1010. The quantitative estimate of drug-likeness (QED) is 0.410. The Morgan fingerprint density at radius 2 is 2.10 bits per heavy atom. The zero-order valence-corrected chi connectivity index (χ0v) is 18.1. The summed E-state index contributed by atoms with van der Waals surface area (Å²) in [4.78, 5) is 12.2. The summed E-state index contributed by atoms with van der Waals surface area (Å²) in [7, 11) is 0. The van der Waals surface area contributed by atoms with E-state index >= 15 is 0 Å². The first-order valence-electron chi connectivity index (χ1n) is 8.92. The van der Waals surface area contributed by atoms with Gasteiger partial charge in [0.05, 0.1) is 5.75 Å². The zero-order valence-electron chi connectivity index (χ0n) is 16.5. The van der Waals surface area contributed by atoms with Gasteiger partial charge in [-0.2, -0.15) is 0 Å². The number of anilines is 1. The van der Waals surface area contributed by atoms with Crippen molar-refractivity contribution in [2.24, 2.45) is 0 Å². The molecule has 3 rings (SSSR count). The Labute approximate surface area is 177 Å². The molecule has 1 N–H and O–H groups in total. The minimum atomic E-state index is -0.174. The van der Waals surface area contributed by atoms with Crippen LogP contribution in [0.4, 0.5) is 5.13 Å². The molecule has 8 nitrogen and oxygen atoms in total. The molecular formula is C19H22N6O2S2. The van der Waals surface area contributed by atoms with Gasteiger partial charge >= 0.3 is 0 Å². The number of nitrogens with one attached hydrogen (secondary N) is 1. The minimum absolute atomic E-state index is 0.174. The highest BCUT2D eigenvalue weighted by atomic mass is 32.2. The predicted octanol–water partition coefficient (Wildman–Crippen LogP) is 3.55. The van der Waals surface area contributed by atoms with E-state index < -0.39 is 0 Å². The van der Waals surface area contributed by atoms with Gasteiger partial charge in [0, 0.05) is 6.54 Å². The number of nitrogens with zero attached hydrogens (tertiary/aromatic N) is 5. The van der Waals surface area contributed by atoms with Gasteiger partial charge < -0.3 is 4.74 Å². The number of rotatable bonds is 9. The van der Waals surface area contributed by atoms with Gasteiger partial charge in [-0.1, -0.05) is 41.3 Å². The molecule has 0 radical (unpaired) electrons. The maximum atomic E-state index is 12.2. The molecule has 2 aromatic heterocycles. The van der Waals surface area contributed by atoms with Crippen molar-refractivity contribution in [3.8, 4) is 5.75 Å². The van der Waals surface area contributed by atoms with Crippen LogP contribution in [0, 0.1) is 20.8 Å². The highest BCUT2D eigenvalue weighted by Crippen LogP contribution is 2.22. The third kappa shape index (κ3) is 5.64. The van der Waals surface area contributed by atoms with Gasteiger partial charge in [-0.3, -0.25) is 14.7 Å². The Morgan fingerprint density at radius 1 is 1.28 bits per heavy atom. The van der Waals surface area contributed by atoms with Crippen molar-refractivity contribution in [1.29, 1.82) is 0 Å². The molecule has 0 atom stereocenters. The fraction of sp³-hybridized carbons (Fsp3) is 0.316. The fourth-order valence-corrected chi connectivity index (χ4v) is 3.86. The van der Waals surface area contributed by atoms with Crippen LogP contribution in [0.2, 0.25) is 0 Å². The fourth-order valence-electron chi connectivity index (χ4n) is 2.48. The molecule has 0 fully saturated rings. The van der Waals surface area contributed by atoms with Gasteiger partial charge in [-0.25, -0.2) is 0 Å². The first-order valence-corrected chi connectivity index (χ1v) is 10.7. The smallest absolute Gasteiger partial charge is 0.236 e. The molecule has 0 aliphatic carbocycles. The number of aryl methyl sites for hydroxylation is 3. The number of aromatic nitrogens is 5. The number of thioether (sulfide) groups is 1. The van der Waals surface area contributed by atoms with Gasteiger partial charge in [0.1, 0.15) is 17.4 Å². The van der Waals surface area contributed by atoms with Gasteiger partial charge in [0.25, 0.3) is 0 Å². The van der Waals surface area contributed by atoms with Crippen molar-refractivity contribution in [1.82, 2.24) is 25.0 Å². The third-order valence-corrected chi connectivity index (χ3v) is 5.63. The van der Waals surface area contributed by atoms with Crippen LogP contribution in [0.15, 0.2) is 36.0 Å². The Kier molecular flexibility index (Phi) is 6.99. The van der Waals surface area contributed by atoms with Crippen molar-refractivity contribution < 1.29 is 9.53 Å². The molecule has 3 aromatic rings. The standard InChI is InChI=1S/C19H22N6O2S2/c1-5-8-25-16(10-27-15-9-12(2)6-7-13(15)3)22-24-19(25)28-11-17(26)20-18-23-21-14(4)29-18/h5-7,9H,1,8,10-11H2,2-4H3,(H,20,23,26). The lowest BCUT2D eigenvalue weighted by atomic mass is 10.1. The molecule has 0 unspecified atom stereocenters. The predicted molar refractivity (Wildman–Crippen MR) is 114 cm³/mol. The van der Waals surface area contributed by atoms with Crippen molar-refractivity contribution >= 4 is 34.1 Å². The number of amides is 1. The minimum Gasteiger partial charge on any atom is -0.485 e. The highest BCUT2D eigenvalue weighted by molar-refractivity contribution is 7.99. The van der Waals surface area contributed by atoms with E-state index in [9.17, 15) is 4.79 Å². The molecule has 0 aliphatic heterocycles. The van der Waals surface area contributed by atoms with Crippen LogP contribution in [-0.4, -0.2) is 36.6 Å².